The fourth-order valence-electron chi connectivity index (χ4n) is 3.87. The molecule has 0 spiro atoms. The summed E-state index contributed by atoms with van der Waals surface area (Å²) in [5.41, 5.74) is 1.92. The van der Waals surface area contributed by atoms with Gasteiger partial charge in [0, 0.05) is 25.2 Å². The molecule has 1 unspecified atom stereocenters. The molecular weight excluding hydrogens is 461 g/mol. The van der Waals surface area contributed by atoms with Gasteiger partial charge in [-0.05, 0) is 36.2 Å². The molecule has 9 heteroatoms. The summed E-state index contributed by atoms with van der Waals surface area (Å²) in [4.78, 5) is 17.7. The van der Waals surface area contributed by atoms with Crippen LogP contribution in [-0.4, -0.2) is 43.4 Å². The molecule has 2 aromatic carbocycles. The minimum atomic E-state index is -4.44. The Morgan fingerprint density at radius 1 is 1.09 bits per heavy atom. The standard InChI is InChI=1S/C26H25F3N2O4/c1-2-33-25(32)17-34-23-14-19(18-6-4-3-5-7-18)8-10-22(23)31-13-12-21(16-31)35-24-11-9-20(15-30-24)26(27,28)29/h3-11,14-15,21H,2,12-13,16-17H2,1H3. The van der Waals surface area contributed by atoms with Crippen LogP contribution in [0.4, 0.5) is 18.9 Å². The molecule has 0 aliphatic carbocycles. The number of ether oxygens (including phenoxy) is 3. The normalized spacial score (nSPS) is 15.7. The minimum Gasteiger partial charge on any atom is -0.480 e. The zero-order valence-electron chi connectivity index (χ0n) is 19.1. The van der Waals surface area contributed by atoms with Crippen molar-refractivity contribution in [2.75, 3.05) is 31.2 Å². The van der Waals surface area contributed by atoms with Crippen LogP contribution >= 0.6 is 0 Å². The number of alkyl halides is 3. The van der Waals surface area contributed by atoms with E-state index in [1.54, 1.807) is 6.92 Å². The third-order valence-electron chi connectivity index (χ3n) is 5.55. The smallest absolute Gasteiger partial charge is 0.417 e. The van der Waals surface area contributed by atoms with Crippen molar-refractivity contribution in [3.8, 4) is 22.8 Å². The van der Waals surface area contributed by atoms with Crippen molar-refractivity contribution in [1.82, 2.24) is 4.98 Å². The number of hydrogen-bond donors (Lipinski definition) is 0. The van der Waals surface area contributed by atoms with E-state index in [1.165, 1.54) is 6.07 Å². The highest BCUT2D eigenvalue weighted by Gasteiger charge is 2.31. The van der Waals surface area contributed by atoms with Crippen LogP contribution in [0.25, 0.3) is 11.1 Å². The third kappa shape index (κ3) is 6.23. The van der Waals surface area contributed by atoms with E-state index in [1.807, 2.05) is 48.5 Å². The van der Waals surface area contributed by atoms with Crippen molar-refractivity contribution in [1.29, 1.82) is 0 Å². The second kappa shape index (κ2) is 10.7. The number of benzene rings is 2. The van der Waals surface area contributed by atoms with E-state index >= 15 is 0 Å². The fourth-order valence-corrected chi connectivity index (χ4v) is 3.87. The Balaban J connectivity index is 1.49. The van der Waals surface area contributed by atoms with Crippen molar-refractivity contribution in [3.63, 3.8) is 0 Å². The minimum absolute atomic E-state index is 0.142. The van der Waals surface area contributed by atoms with E-state index in [-0.39, 0.29) is 25.2 Å². The molecule has 1 aliphatic heterocycles. The van der Waals surface area contributed by atoms with E-state index in [9.17, 15) is 18.0 Å². The zero-order chi connectivity index (χ0) is 24.8. The Labute approximate surface area is 201 Å². The fraction of sp³-hybridized carbons (Fsp3) is 0.308. The van der Waals surface area contributed by atoms with Crippen LogP contribution in [-0.2, 0) is 15.7 Å². The van der Waals surface area contributed by atoms with Gasteiger partial charge >= 0.3 is 12.1 Å². The maximum atomic E-state index is 12.8. The maximum Gasteiger partial charge on any atom is 0.417 e. The Hall–Kier alpha value is -3.75. The van der Waals surface area contributed by atoms with Crippen molar-refractivity contribution >= 4 is 11.7 Å². The number of carbonyl (C=O) groups is 1. The van der Waals surface area contributed by atoms with E-state index in [0.29, 0.717) is 25.3 Å². The zero-order valence-corrected chi connectivity index (χ0v) is 19.1. The van der Waals surface area contributed by atoms with Crippen molar-refractivity contribution in [2.24, 2.45) is 0 Å². The number of aromatic nitrogens is 1. The van der Waals surface area contributed by atoms with Gasteiger partial charge in [0.05, 0.1) is 24.4 Å². The lowest BCUT2D eigenvalue weighted by atomic mass is 10.0. The average Bonchev–Trinajstić information content (AvgIpc) is 3.31. The molecule has 2 heterocycles. The molecule has 4 rings (SSSR count). The van der Waals surface area contributed by atoms with E-state index in [4.69, 9.17) is 14.2 Å². The number of pyridine rings is 1. The molecule has 0 radical (unpaired) electrons. The molecule has 1 atom stereocenters. The van der Waals surface area contributed by atoms with Gasteiger partial charge in [-0.2, -0.15) is 13.2 Å². The summed E-state index contributed by atoms with van der Waals surface area (Å²) < 4.78 is 54.9. The number of esters is 1. The van der Waals surface area contributed by atoms with Gasteiger partial charge in [0.2, 0.25) is 5.88 Å². The lowest BCUT2D eigenvalue weighted by molar-refractivity contribution is -0.145. The highest BCUT2D eigenvalue weighted by Crippen LogP contribution is 2.36. The molecule has 184 valence electrons. The lowest BCUT2D eigenvalue weighted by Crippen LogP contribution is -2.25. The quantitative estimate of drug-likeness (QED) is 0.399. The third-order valence-corrected chi connectivity index (χ3v) is 5.55. The van der Waals surface area contributed by atoms with Crippen LogP contribution in [0.1, 0.15) is 18.9 Å². The first-order valence-electron chi connectivity index (χ1n) is 11.3. The Morgan fingerprint density at radius 2 is 1.89 bits per heavy atom. The molecule has 0 saturated carbocycles. The Bertz CT molecular complexity index is 1140. The van der Waals surface area contributed by atoms with Crippen LogP contribution in [0, 0.1) is 0 Å². The van der Waals surface area contributed by atoms with Gasteiger partial charge in [-0.1, -0.05) is 36.4 Å². The summed E-state index contributed by atoms with van der Waals surface area (Å²) in [5.74, 6) is 0.218. The second-order valence-corrected chi connectivity index (χ2v) is 8.00. The van der Waals surface area contributed by atoms with E-state index in [2.05, 4.69) is 9.88 Å². The molecule has 6 nitrogen and oxygen atoms in total. The molecular formula is C26H25F3N2O4. The number of anilines is 1. The number of nitrogens with zero attached hydrogens (tertiary/aromatic N) is 2. The van der Waals surface area contributed by atoms with E-state index in [0.717, 1.165) is 29.1 Å². The molecule has 0 N–H and O–H groups in total. The topological polar surface area (TPSA) is 60.9 Å². The molecule has 35 heavy (non-hydrogen) atoms. The van der Waals surface area contributed by atoms with Crippen molar-refractivity contribution < 1.29 is 32.2 Å². The Kier molecular flexibility index (Phi) is 7.43. The largest absolute Gasteiger partial charge is 0.480 e. The predicted molar refractivity (Wildman–Crippen MR) is 124 cm³/mol. The summed E-state index contributed by atoms with van der Waals surface area (Å²) >= 11 is 0. The number of rotatable bonds is 8. The molecule has 1 saturated heterocycles. The number of halogens is 3. The van der Waals surface area contributed by atoms with Crippen LogP contribution in [0.15, 0.2) is 66.9 Å². The monoisotopic (exact) mass is 486 g/mol. The van der Waals surface area contributed by atoms with Crippen molar-refractivity contribution in [3.05, 3.63) is 72.4 Å². The number of carbonyl (C=O) groups excluding carboxylic acids is 1. The first kappa shape index (κ1) is 24.4. The number of hydrogen-bond acceptors (Lipinski definition) is 6. The summed E-state index contributed by atoms with van der Waals surface area (Å²) in [6.45, 7) is 2.91. The first-order chi connectivity index (χ1) is 16.8. The summed E-state index contributed by atoms with van der Waals surface area (Å²) in [6, 6.07) is 17.8. The van der Waals surface area contributed by atoms with Crippen LogP contribution in [0.5, 0.6) is 11.6 Å². The lowest BCUT2D eigenvalue weighted by Gasteiger charge is -2.23. The maximum absolute atomic E-state index is 12.8. The van der Waals surface area contributed by atoms with Gasteiger partial charge in [-0.25, -0.2) is 9.78 Å². The first-order valence-corrected chi connectivity index (χ1v) is 11.3. The van der Waals surface area contributed by atoms with Crippen LogP contribution in [0.3, 0.4) is 0 Å². The SMILES string of the molecule is CCOC(=O)COc1cc(-c2ccccc2)ccc1N1CCC(Oc2ccc(C(F)(F)F)cn2)C1. The molecule has 0 bridgehead atoms. The highest BCUT2D eigenvalue weighted by molar-refractivity contribution is 5.74. The molecule has 1 aliphatic rings. The molecule has 1 aromatic heterocycles. The van der Waals surface area contributed by atoms with Gasteiger partial charge in [0.15, 0.2) is 6.61 Å². The van der Waals surface area contributed by atoms with E-state index < -0.39 is 17.7 Å². The average molecular weight is 486 g/mol. The van der Waals surface area contributed by atoms with Crippen LogP contribution in [0.2, 0.25) is 0 Å². The molecule has 3 aromatic rings. The summed E-state index contributed by atoms with van der Waals surface area (Å²) in [6.07, 6.45) is -3.28. The summed E-state index contributed by atoms with van der Waals surface area (Å²) in [7, 11) is 0. The van der Waals surface area contributed by atoms with Gasteiger partial charge in [-0.3, -0.25) is 0 Å². The molecule has 1 fully saturated rings. The van der Waals surface area contributed by atoms with Gasteiger partial charge in [0.1, 0.15) is 11.9 Å². The summed E-state index contributed by atoms with van der Waals surface area (Å²) in [5, 5.41) is 0. The van der Waals surface area contributed by atoms with Crippen LogP contribution < -0.4 is 14.4 Å². The second-order valence-electron chi connectivity index (χ2n) is 8.00. The van der Waals surface area contributed by atoms with Gasteiger partial charge in [0.25, 0.3) is 0 Å². The van der Waals surface area contributed by atoms with Gasteiger partial charge < -0.3 is 19.1 Å². The predicted octanol–water partition coefficient (Wildman–Crippen LogP) is 5.37. The van der Waals surface area contributed by atoms with Crippen molar-refractivity contribution in [2.45, 2.75) is 25.6 Å². The molecule has 0 amide bonds. The highest BCUT2D eigenvalue weighted by atomic mass is 19.4. The Morgan fingerprint density at radius 3 is 2.57 bits per heavy atom. The van der Waals surface area contributed by atoms with Gasteiger partial charge in [-0.15, -0.1) is 0 Å².